The van der Waals surface area contributed by atoms with Gasteiger partial charge in [0.2, 0.25) is 0 Å². The van der Waals surface area contributed by atoms with Crippen molar-refractivity contribution < 1.29 is 4.57 Å². The second-order valence-electron chi connectivity index (χ2n) is 7.52. The number of hydrogen-bond donors (Lipinski definition) is 0. The van der Waals surface area contributed by atoms with Crippen LogP contribution in [0, 0.1) is 11.8 Å². The number of halogens is 1. The van der Waals surface area contributed by atoms with Gasteiger partial charge >= 0.3 is 0 Å². The van der Waals surface area contributed by atoms with E-state index in [-0.39, 0.29) is 10.3 Å². The molecule has 0 aromatic heterocycles. The van der Waals surface area contributed by atoms with E-state index < -0.39 is 7.14 Å². The lowest BCUT2D eigenvalue weighted by atomic mass is 10.2. The fourth-order valence-electron chi connectivity index (χ4n) is 3.57. The van der Waals surface area contributed by atoms with E-state index in [1.165, 1.54) is 9.80 Å². The molecule has 1 nitrogen and oxygen atoms in total. The Morgan fingerprint density at radius 1 is 1.06 bits per heavy atom. The summed E-state index contributed by atoms with van der Waals surface area (Å²) in [4.78, 5) is 0. The van der Waals surface area contributed by atoms with Crippen LogP contribution in [-0.2, 0) is 4.57 Å². The highest BCUT2D eigenvalue weighted by Crippen LogP contribution is 2.77. The molecule has 2 rings (SSSR count). The molecule has 2 aliphatic carbocycles. The SMILES string of the molecule is CC(C)(C)P(=O)(C1=C(Br)C2C=CC1C2)C(C)(C)C. The summed E-state index contributed by atoms with van der Waals surface area (Å²) in [6.07, 6.45) is 5.63. The highest BCUT2D eigenvalue weighted by molar-refractivity contribution is 9.11. The van der Waals surface area contributed by atoms with Crippen molar-refractivity contribution >= 4 is 23.1 Å². The van der Waals surface area contributed by atoms with E-state index >= 15 is 0 Å². The topological polar surface area (TPSA) is 17.1 Å². The molecule has 2 unspecified atom stereocenters. The summed E-state index contributed by atoms with van der Waals surface area (Å²) in [5.41, 5.74) is 0. The van der Waals surface area contributed by atoms with E-state index in [1.807, 2.05) is 0 Å². The minimum atomic E-state index is -2.45. The van der Waals surface area contributed by atoms with Gasteiger partial charge in [-0.1, -0.05) is 69.6 Å². The monoisotopic (exact) mass is 330 g/mol. The van der Waals surface area contributed by atoms with Crippen molar-refractivity contribution in [3.8, 4) is 0 Å². The number of fused-ring (bicyclic) bond motifs is 2. The highest BCUT2D eigenvalue weighted by Gasteiger charge is 2.54. The van der Waals surface area contributed by atoms with Gasteiger partial charge in [-0.3, -0.25) is 0 Å². The maximum Gasteiger partial charge on any atom is 0.123 e. The Balaban J connectivity index is 2.62. The van der Waals surface area contributed by atoms with Gasteiger partial charge in [-0.25, -0.2) is 0 Å². The molecule has 0 heterocycles. The minimum Gasteiger partial charge on any atom is -0.318 e. The van der Waals surface area contributed by atoms with Gasteiger partial charge in [0.1, 0.15) is 7.14 Å². The Hall–Kier alpha value is 0.190. The van der Waals surface area contributed by atoms with Crippen LogP contribution in [0.15, 0.2) is 21.9 Å². The molecule has 0 fully saturated rings. The molecule has 2 bridgehead atoms. The second-order valence-corrected chi connectivity index (χ2v) is 12.8. The molecule has 0 radical (unpaired) electrons. The second kappa shape index (κ2) is 4.09. The Bertz CT molecular complexity index is 456. The first kappa shape index (κ1) is 14.6. The average Bonchev–Trinajstić information content (AvgIpc) is 2.73. The smallest absolute Gasteiger partial charge is 0.123 e. The van der Waals surface area contributed by atoms with Crippen molar-refractivity contribution in [2.75, 3.05) is 0 Å². The van der Waals surface area contributed by atoms with Crippen LogP contribution in [0.25, 0.3) is 0 Å². The van der Waals surface area contributed by atoms with E-state index in [9.17, 15) is 4.57 Å². The lowest BCUT2D eigenvalue weighted by Gasteiger charge is -2.44. The molecule has 3 heteroatoms. The van der Waals surface area contributed by atoms with Crippen molar-refractivity contribution in [3.05, 3.63) is 21.9 Å². The molecular weight excluding hydrogens is 307 g/mol. The summed E-state index contributed by atoms with van der Waals surface area (Å²) in [6.45, 7) is 12.8. The molecular formula is C15H24BrOP. The summed E-state index contributed by atoms with van der Waals surface area (Å²) >= 11 is 3.74. The van der Waals surface area contributed by atoms with Gasteiger partial charge in [0.25, 0.3) is 0 Å². The molecule has 0 spiro atoms. The van der Waals surface area contributed by atoms with Crippen molar-refractivity contribution in [3.63, 3.8) is 0 Å². The van der Waals surface area contributed by atoms with Crippen LogP contribution in [0.1, 0.15) is 48.0 Å². The number of hydrogen-bond acceptors (Lipinski definition) is 1. The summed E-state index contributed by atoms with van der Waals surface area (Å²) in [7, 11) is -2.45. The summed E-state index contributed by atoms with van der Waals surface area (Å²) < 4.78 is 15.1. The maximum absolute atomic E-state index is 13.9. The fourth-order valence-corrected chi connectivity index (χ4v) is 9.54. The van der Waals surface area contributed by atoms with Gasteiger partial charge in [-0.2, -0.15) is 0 Å². The Morgan fingerprint density at radius 2 is 1.50 bits per heavy atom. The van der Waals surface area contributed by atoms with Crippen molar-refractivity contribution in [1.82, 2.24) is 0 Å². The van der Waals surface area contributed by atoms with Crippen molar-refractivity contribution in [2.45, 2.75) is 58.3 Å². The van der Waals surface area contributed by atoms with Crippen molar-refractivity contribution in [2.24, 2.45) is 11.8 Å². The highest BCUT2D eigenvalue weighted by atomic mass is 79.9. The lowest BCUT2D eigenvalue weighted by Crippen LogP contribution is -2.30. The Kier molecular flexibility index (Phi) is 3.32. The first-order valence-corrected chi connectivity index (χ1v) is 9.19. The first-order valence-electron chi connectivity index (χ1n) is 6.69. The average molecular weight is 331 g/mol. The standard InChI is InChI=1S/C15H24BrOP/c1-14(2,3)18(17,15(4,5)6)13-11-8-7-10(9-11)12(13)16/h7-8,10-11H,9H2,1-6H3. The van der Waals surface area contributed by atoms with Gasteiger partial charge in [-0.15, -0.1) is 0 Å². The predicted octanol–water partition coefficient (Wildman–Crippen LogP) is 5.76. The third kappa shape index (κ3) is 1.83. The lowest BCUT2D eigenvalue weighted by molar-refractivity contribution is 0.520. The minimum absolute atomic E-state index is 0.183. The summed E-state index contributed by atoms with van der Waals surface area (Å²) in [5.74, 6) is 0.872. The quantitative estimate of drug-likeness (QED) is 0.441. The van der Waals surface area contributed by atoms with Crippen LogP contribution in [0.5, 0.6) is 0 Å². The van der Waals surface area contributed by atoms with Crippen LogP contribution in [0.2, 0.25) is 0 Å². The molecule has 2 atom stereocenters. The van der Waals surface area contributed by atoms with Crippen LogP contribution in [-0.4, -0.2) is 10.3 Å². The molecule has 0 N–H and O–H groups in total. The zero-order valence-electron chi connectivity index (χ0n) is 12.2. The largest absolute Gasteiger partial charge is 0.318 e. The third-order valence-corrected chi connectivity index (χ3v) is 10.6. The van der Waals surface area contributed by atoms with Crippen LogP contribution < -0.4 is 0 Å². The fraction of sp³-hybridized carbons (Fsp3) is 0.733. The molecule has 102 valence electrons. The van der Waals surface area contributed by atoms with E-state index in [0.717, 1.165) is 6.42 Å². The van der Waals surface area contributed by atoms with E-state index in [4.69, 9.17) is 0 Å². The zero-order chi connectivity index (χ0) is 13.9. The van der Waals surface area contributed by atoms with Crippen molar-refractivity contribution in [1.29, 1.82) is 0 Å². The van der Waals surface area contributed by atoms with Gasteiger partial charge in [-0.05, 0) is 6.42 Å². The van der Waals surface area contributed by atoms with E-state index in [2.05, 4.69) is 69.6 Å². The van der Waals surface area contributed by atoms with Gasteiger partial charge in [0, 0.05) is 31.9 Å². The van der Waals surface area contributed by atoms with Crippen LogP contribution >= 0.6 is 23.1 Å². The number of rotatable bonds is 1. The Labute approximate surface area is 120 Å². The molecule has 0 aromatic carbocycles. The predicted molar refractivity (Wildman–Crippen MR) is 83.8 cm³/mol. The molecule has 2 aliphatic rings. The zero-order valence-corrected chi connectivity index (χ0v) is 14.7. The molecule has 0 saturated carbocycles. The summed E-state index contributed by atoms with van der Waals surface area (Å²) in [5, 5.41) is 0.852. The normalized spacial score (nSPS) is 28.4. The van der Waals surface area contributed by atoms with Crippen LogP contribution in [0.3, 0.4) is 0 Å². The Morgan fingerprint density at radius 3 is 1.83 bits per heavy atom. The molecule has 0 saturated heterocycles. The van der Waals surface area contributed by atoms with Crippen LogP contribution in [0.4, 0.5) is 0 Å². The molecule has 0 aromatic rings. The van der Waals surface area contributed by atoms with E-state index in [0.29, 0.717) is 11.8 Å². The first-order chi connectivity index (χ1) is 8.00. The van der Waals surface area contributed by atoms with E-state index in [1.54, 1.807) is 0 Å². The van der Waals surface area contributed by atoms with Gasteiger partial charge < -0.3 is 4.57 Å². The van der Waals surface area contributed by atoms with Gasteiger partial charge in [0.05, 0.1) is 0 Å². The molecule has 18 heavy (non-hydrogen) atoms. The maximum atomic E-state index is 13.9. The molecule has 0 aliphatic heterocycles. The van der Waals surface area contributed by atoms with Gasteiger partial charge in [0.15, 0.2) is 0 Å². The third-order valence-electron chi connectivity index (χ3n) is 4.23. The molecule has 0 amide bonds. The number of allylic oxidation sites excluding steroid dienone is 4. The summed E-state index contributed by atoms with van der Waals surface area (Å²) in [6, 6.07) is 0.